The van der Waals surface area contributed by atoms with Crippen LogP contribution < -0.4 is 0 Å². The molecular formula is C7H6N4Si2. The van der Waals surface area contributed by atoms with Crippen LogP contribution >= 0.6 is 0 Å². The van der Waals surface area contributed by atoms with Gasteiger partial charge in [0.25, 0.3) is 16.1 Å². The van der Waals surface area contributed by atoms with E-state index in [1.165, 1.54) is 0 Å². The van der Waals surface area contributed by atoms with Crippen LogP contribution in [0, 0.1) is 43.8 Å². The minimum Gasteiger partial charge on any atom is -0.205 e. The van der Waals surface area contributed by atoms with Crippen LogP contribution in [0.25, 0.3) is 0 Å². The third kappa shape index (κ3) is 1.34. The molecule has 0 unspecified atom stereocenters. The van der Waals surface area contributed by atoms with Crippen molar-refractivity contribution in [3.63, 3.8) is 0 Å². The van der Waals surface area contributed by atoms with E-state index in [-0.39, 0.29) is 0 Å². The monoisotopic (exact) mass is 202 g/mol. The van der Waals surface area contributed by atoms with Gasteiger partial charge >= 0.3 is 0 Å². The van der Waals surface area contributed by atoms with Crippen molar-refractivity contribution >= 4 is 16.1 Å². The van der Waals surface area contributed by atoms with Gasteiger partial charge in [-0.2, -0.15) is 0 Å². The van der Waals surface area contributed by atoms with E-state index in [0.29, 0.717) is 17.8 Å². The number of rotatable bonds is 0. The van der Waals surface area contributed by atoms with Crippen LogP contribution in [0.3, 0.4) is 0 Å². The average molecular weight is 202 g/mol. The van der Waals surface area contributed by atoms with E-state index in [4.69, 9.17) is 21.0 Å². The fourth-order valence-corrected chi connectivity index (χ4v) is 12.3. The van der Waals surface area contributed by atoms with Crippen LogP contribution in [0.2, 0.25) is 17.8 Å². The maximum atomic E-state index is 8.83. The van der Waals surface area contributed by atoms with Crippen LogP contribution in [0.15, 0.2) is 0 Å². The first-order valence-corrected chi connectivity index (χ1v) is 8.64. The quantitative estimate of drug-likeness (QED) is 0.540. The number of hydrogen-bond donors (Lipinski definition) is 0. The zero-order valence-corrected chi connectivity index (χ0v) is 8.91. The lowest BCUT2D eigenvalue weighted by Gasteiger charge is -2.06. The first kappa shape index (κ1) is 9.48. The maximum Gasteiger partial charge on any atom is 0.285 e. The molecular weight excluding hydrogens is 196 g/mol. The summed E-state index contributed by atoms with van der Waals surface area (Å²) >= 11 is 0. The average Bonchev–Trinajstić information content (AvgIpc) is 2.59. The van der Waals surface area contributed by atoms with Crippen molar-refractivity contribution in [1.29, 1.82) is 21.0 Å². The van der Waals surface area contributed by atoms with E-state index < -0.39 is 16.1 Å². The number of nitrogens with zero attached hydrogens (tertiary/aromatic N) is 4. The zero-order chi connectivity index (χ0) is 9.95. The van der Waals surface area contributed by atoms with E-state index in [1.54, 1.807) is 0 Å². The molecule has 62 valence electrons. The van der Waals surface area contributed by atoms with Crippen molar-refractivity contribution in [2.45, 2.75) is 17.8 Å². The molecule has 4 nitrogen and oxygen atoms in total. The molecule has 1 aliphatic heterocycles. The Morgan fingerprint density at radius 1 is 0.692 bits per heavy atom. The topological polar surface area (TPSA) is 95.2 Å². The van der Waals surface area contributed by atoms with Crippen LogP contribution in [0.4, 0.5) is 0 Å². The van der Waals surface area contributed by atoms with E-state index in [9.17, 15) is 0 Å². The Kier molecular flexibility index (Phi) is 2.21. The Labute approximate surface area is 78.3 Å². The molecule has 13 heavy (non-hydrogen) atoms. The smallest absolute Gasteiger partial charge is 0.205 e. The van der Waals surface area contributed by atoms with Crippen LogP contribution in [-0.2, 0) is 0 Å². The molecule has 1 saturated heterocycles. The maximum absolute atomic E-state index is 8.83. The molecule has 0 aromatic heterocycles. The number of nitriles is 4. The highest BCUT2D eigenvalue weighted by atomic mass is 28.4. The predicted molar refractivity (Wildman–Crippen MR) is 48.4 cm³/mol. The first-order valence-electron chi connectivity index (χ1n) is 3.81. The Morgan fingerprint density at radius 3 is 1.15 bits per heavy atom. The summed E-state index contributed by atoms with van der Waals surface area (Å²) in [5, 5.41) is 35.3. The Hall–Kier alpha value is -1.61. The summed E-state index contributed by atoms with van der Waals surface area (Å²) in [4.78, 5) is 0. The van der Waals surface area contributed by atoms with E-state index in [0.717, 1.165) is 0 Å². The van der Waals surface area contributed by atoms with Crippen molar-refractivity contribution in [3.05, 3.63) is 0 Å². The lowest BCUT2D eigenvalue weighted by atomic mass is 10.9. The minimum atomic E-state index is -2.53. The molecule has 0 aromatic carbocycles. The van der Waals surface area contributed by atoms with Crippen LogP contribution in [-0.4, -0.2) is 16.1 Å². The van der Waals surface area contributed by atoms with Crippen molar-refractivity contribution in [2.75, 3.05) is 0 Å². The fraction of sp³-hybridized carbons (Fsp3) is 0.429. The van der Waals surface area contributed by atoms with Gasteiger partial charge in [-0.1, -0.05) is 0 Å². The molecule has 1 aliphatic rings. The summed E-state index contributed by atoms with van der Waals surface area (Å²) in [6.45, 7) is 0. The van der Waals surface area contributed by atoms with Gasteiger partial charge in [-0.15, -0.1) is 0 Å². The third-order valence-corrected chi connectivity index (χ3v) is 11.7. The Balaban J connectivity index is 3.02. The second kappa shape index (κ2) is 3.03. The van der Waals surface area contributed by atoms with Crippen LogP contribution in [0.1, 0.15) is 0 Å². The van der Waals surface area contributed by atoms with Crippen molar-refractivity contribution in [3.8, 4) is 22.8 Å². The minimum absolute atomic E-state index is 0.333. The van der Waals surface area contributed by atoms with Gasteiger partial charge in [0.2, 0.25) is 0 Å². The molecule has 6 heteroatoms. The van der Waals surface area contributed by atoms with E-state index >= 15 is 0 Å². The summed E-state index contributed by atoms with van der Waals surface area (Å²) in [7, 11) is -5.06. The van der Waals surface area contributed by atoms with Crippen molar-refractivity contribution < 1.29 is 0 Å². The standard InChI is InChI=1S/C7H6N4Si2/c8-3-12(4-9)1-2-13(5-10,6-11)7-12/h1-2,7H2. The molecule has 1 rings (SSSR count). The first-order chi connectivity index (χ1) is 6.16. The molecule has 0 spiro atoms. The van der Waals surface area contributed by atoms with Gasteiger partial charge in [-0.25, -0.2) is 21.0 Å². The van der Waals surface area contributed by atoms with Gasteiger partial charge in [0.15, 0.2) is 0 Å². The molecule has 0 atom stereocenters. The third-order valence-electron chi connectivity index (χ3n) is 2.44. The predicted octanol–water partition coefficient (Wildman–Crippen LogP) is 0.688. The number of hydrogen-bond acceptors (Lipinski definition) is 4. The molecule has 0 aromatic rings. The van der Waals surface area contributed by atoms with Gasteiger partial charge in [0.1, 0.15) is 0 Å². The SMILES string of the molecule is N#C[Si]1(C#N)CC[Si](C#N)(C#N)C1. The second-order valence-electron chi connectivity index (χ2n) is 3.29. The van der Waals surface area contributed by atoms with Crippen LogP contribution in [0.5, 0.6) is 0 Å². The molecule has 0 aliphatic carbocycles. The van der Waals surface area contributed by atoms with Gasteiger partial charge < -0.3 is 0 Å². The molecule has 0 N–H and O–H groups in total. The highest BCUT2D eigenvalue weighted by molar-refractivity contribution is 7.13. The summed E-state index contributed by atoms with van der Waals surface area (Å²) in [6, 6.07) is 1.04. The summed E-state index contributed by atoms with van der Waals surface area (Å²) in [5.41, 5.74) is 8.58. The Bertz CT molecular complexity index is 323. The summed E-state index contributed by atoms with van der Waals surface area (Å²) < 4.78 is 0. The van der Waals surface area contributed by atoms with Crippen molar-refractivity contribution in [1.82, 2.24) is 0 Å². The largest absolute Gasteiger partial charge is 0.285 e. The van der Waals surface area contributed by atoms with Gasteiger partial charge in [-0.05, 0) is 17.8 Å². The van der Waals surface area contributed by atoms with E-state index in [1.807, 2.05) is 0 Å². The van der Waals surface area contributed by atoms with Gasteiger partial charge in [0.05, 0.1) is 0 Å². The normalized spacial score (nSPS) is 21.8. The summed E-state index contributed by atoms with van der Waals surface area (Å²) in [6.07, 6.45) is 0. The Morgan fingerprint density at radius 2 is 1.00 bits per heavy atom. The molecule has 1 fully saturated rings. The molecule has 1 heterocycles. The van der Waals surface area contributed by atoms with E-state index in [2.05, 4.69) is 22.8 Å². The molecule has 0 radical (unpaired) electrons. The summed E-state index contributed by atoms with van der Waals surface area (Å²) in [5.74, 6) is 0. The second-order valence-corrected chi connectivity index (χ2v) is 10.9. The lowest BCUT2D eigenvalue weighted by Crippen LogP contribution is -2.35. The zero-order valence-electron chi connectivity index (χ0n) is 6.91. The molecule has 0 saturated carbocycles. The fourth-order valence-electron chi connectivity index (χ4n) is 1.55. The molecule has 0 bridgehead atoms. The highest BCUT2D eigenvalue weighted by Crippen LogP contribution is 2.35. The highest BCUT2D eigenvalue weighted by Gasteiger charge is 2.55. The lowest BCUT2D eigenvalue weighted by molar-refractivity contribution is 1.37. The van der Waals surface area contributed by atoms with Gasteiger partial charge in [-0.3, -0.25) is 0 Å². The molecule has 0 amide bonds. The van der Waals surface area contributed by atoms with Gasteiger partial charge in [0, 0.05) is 22.8 Å². The van der Waals surface area contributed by atoms with Crippen molar-refractivity contribution in [2.24, 2.45) is 0 Å².